The van der Waals surface area contributed by atoms with Gasteiger partial charge in [0.15, 0.2) is 0 Å². The average molecular weight is 249 g/mol. The topological polar surface area (TPSA) is 40.7 Å². The Kier molecular flexibility index (Phi) is 4.45. The lowest BCUT2D eigenvalue weighted by molar-refractivity contribution is 0.598. The standard InChI is InChI=1S/C13H19N3S/c1-3-17-9-10(2)15-7-11-8-16-13-12(11)5-4-6-14-13/h4-6,8,10,15H,3,7,9H2,1-2H3,(H,14,16). The van der Waals surface area contributed by atoms with Gasteiger partial charge in [0.05, 0.1) is 0 Å². The van der Waals surface area contributed by atoms with Gasteiger partial charge < -0.3 is 10.3 Å². The Labute approximate surface area is 106 Å². The molecule has 1 unspecified atom stereocenters. The van der Waals surface area contributed by atoms with Crippen LogP contribution in [0.15, 0.2) is 24.5 Å². The molecule has 2 aromatic rings. The van der Waals surface area contributed by atoms with E-state index in [0.717, 1.165) is 17.9 Å². The molecule has 2 heterocycles. The molecular formula is C13H19N3S. The summed E-state index contributed by atoms with van der Waals surface area (Å²) >= 11 is 1.97. The van der Waals surface area contributed by atoms with Crippen LogP contribution in [-0.4, -0.2) is 27.5 Å². The van der Waals surface area contributed by atoms with Crippen molar-refractivity contribution in [3.05, 3.63) is 30.1 Å². The number of hydrogen-bond donors (Lipinski definition) is 2. The molecule has 3 nitrogen and oxygen atoms in total. The van der Waals surface area contributed by atoms with Crippen molar-refractivity contribution >= 4 is 22.8 Å². The van der Waals surface area contributed by atoms with Crippen LogP contribution in [-0.2, 0) is 6.54 Å². The third-order valence-electron chi connectivity index (χ3n) is 2.75. The normalized spacial score (nSPS) is 13.1. The van der Waals surface area contributed by atoms with Gasteiger partial charge in [0.2, 0.25) is 0 Å². The second-order valence-electron chi connectivity index (χ2n) is 4.15. The summed E-state index contributed by atoms with van der Waals surface area (Å²) in [4.78, 5) is 7.49. The molecule has 0 radical (unpaired) electrons. The Morgan fingerprint density at radius 1 is 1.53 bits per heavy atom. The van der Waals surface area contributed by atoms with Gasteiger partial charge in [-0.15, -0.1) is 0 Å². The molecule has 0 bridgehead atoms. The molecule has 0 saturated heterocycles. The van der Waals surface area contributed by atoms with Gasteiger partial charge >= 0.3 is 0 Å². The number of fused-ring (bicyclic) bond motifs is 1. The number of pyridine rings is 1. The van der Waals surface area contributed by atoms with Crippen LogP contribution in [0.3, 0.4) is 0 Å². The zero-order valence-corrected chi connectivity index (χ0v) is 11.2. The van der Waals surface area contributed by atoms with Crippen molar-refractivity contribution in [2.24, 2.45) is 0 Å². The van der Waals surface area contributed by atoms with E-state index in [-0.39, 0.29) is 0 Å². The van der Waals surface area contributed by atoms with E-state index in [4.69, 9.17) is 0 Å². The van der Waals surface area contributed by atoms with Gasteiger partial charge in [0.1, 0.15) is 5.65 Å². The maximum absolute atomic E-state index is 4.29. The number of H-pyrrole nitrogens is 1. The molecule has 2 N–H and O–H groups in total. The Bertz CT molecular complexity index is 466. The van der Waals surface area contributed by atoms with Crippen LogP contribution in [0.5, 0.6) is 0 Å². The molecule has 2 rings (SSSR count). The molecule has 0 aliphatic carbocycles. The molecule has 0 amide bonds. The highest BCUT2D eigenvalue weighted by Gasteiger charge is 2.05. The number of nitrogens with zero attached hydrogens (tertiary/aromatic N) is 1. The fraction of sp³-hybridized carbons (Fsp3) is 0.462. The number of aromatic nitrogens is 2. The summed E-state index contributed by atoms with van der Waals surface area (Å²) in [5, 5.41) is 4.76. The van der Waals surface area contributed by atoms with Crippen LogP contribution in [0.25, 0.3) is 11.0 Å². The lowest BCUT2D eigenvalue weighted by Gasteiger charge is -2.12. The van der Waals surface area contributed by atoms with E-state index >= 15 is 0 Å². The SMILES string of the molecule is CCSCC(C)NCc1c[nH]c2ncccc12. The Morgan fingerprint density at radius 3 is 3.24 bits per heavy atom. The summed E-state index contributed by atoms with van der Waals surface area (Å²) in [6.45, 7) is 5.33. The molecule has 2 aromatic heterocycles. The average Bonchev–Trinajstić information content (AvgIpc) is 2.77. The van der Waals surface area contributed by atoms with Gasteiger partial charge in [0, 0.05) is 36.1 Å². The molecule has 1 atom stereocenters. The van der Waals surface area contributed by atoms with Crippen LogP contribution in [0.4, 0.5) is 0 Å². The van der Waals surface area contributed by atoms with Crippen molar-refractivity contribution in [1.82, 2.24) is 15.3 Å². The lowest BCUT2D eigenvalue weighted by atomic mass is 10.2. The highest BCUT2D eigenvalue weighted by molar-refractivity contribution is 7.99. The Morgan fingerprint density at radius 2 is 2.41 bits per heavy atom. The summed E-state index contributed by atoms with van der Waals surface area (Å²) in [5.74, 6) is 2.35. The second kappa shape index (κ2) is 6.07. The van der Waals surface area contributed by atoms with Gasteiger partial charge in [0.25, 0.3) is 0 Å². The molecule has 0 aliphatic heterocycles. The molecular weight excluding hydrogens is 230 g/mol. The first kappa shape index (κ1) is 12.5. The summed E-state index contributed by atoms with van der Waals surface area (Å²) in [5.41, 5.74) is 2.27. The molecule has 92 valence electrons. The maximum Gasteiger partial charge on any atom is 0.137 e. The van der Waals surface area contributed by atoms with Crippen LogP contribution in [0.2, 0.25) is 0 Å². The Balaban J connectivity index is 1.95. The van der Waals surface area contributed by atoms with Gasteiger partial charge in [-0.3, -0.25) is 0 Å². The van der Waals surface area contributed by atoms with E-state index < -0.39 is 0 Å². The van der Waals surface area contributed by atoms with Gasteiger partial charge in [-0.25, -0.2) is 4.98 Å². The minimum atomic E-state index is 0.543. The smallest absolute Gasteiger partial charge is 0.137 e. The lowest BCUT2D eigenvalue weighted by Crippen LogP contribution is -2.27. The van der Waals surface area contributed by atoms with Crippen LogP contribution in [0.1, 0.15) is 19.4 Å². The largest absolute Gasteiger partial charge is 0.346 e. The first-order chi connectivity index (χ1) is 8.31. The van der Waals surface area contributed by atoms with Crippen molar-refractivity contribution < 1.29 is 0 Å². The molecule has 0 spiro atoms. The number of rotatable bonds is 6. The van der Waals surface area contributed by atoms with Crippen molar-refractivity contribution in [3.63, 3.8) is 0 Å². The fourth-order valence-corrected chi connectivity index (χ4v) is 2.50. The number of nitrogens with one attached hydrogen (secondary N) is 2. The zero-order valence-electron chi connectivity index (χ0n) is 10.4. The number of aromatic amines is 1. The minimum absolute atomic E-state index is 0.543. The molecule has 0 aromatic carbocycles. The van der Waals surface area contributed by atoms with Gasteiger partial charge in [-0.05, 0) is 30.4 Å². The third-order valence-corrected chi connectivity index (χ3v) is 3.89. The summed E-state index contributed by atoms with van der Waals surface area (Å²) in [7, 11) is 0. The molecule has 4 heteroatoms. The van der Waals surface area contributed by atoms with Crippen molar-refractivity contribution in [2.45, 2.75) is 26.4 Å². The van der Waals surface area contributed by atoms with Crippen LogP contribution in [0, 0.1) is 0 Å². The molecule has 17 heavy (non-hydrogen) atoms. The van der Waals surface area contributed by atoms with E-state index in [2.05, 4.69) is 35.2 Å². The molecule has 0 fully saturated rings. The van der Waals surface area contributed by atoms with E-state index in [1.165, 1.54) is 16.7 Å². The van der Waals surface area contributed by atoms with E-state index in [1.807, 2.05) is 30.2 Å². The Hall–Kier alpha value is -1.00. The summed E-state index contributed by atoms with van der Waals surface area (Å²) in [6.07, 6.45) is 3.86. The first-order valence-electron chi connectivity index (χ1n) is 6.03. The van der Waals surface area contributed by atoms with Gasteiger partial charge in [-0.1, -0.05) is 6.92 Å². The third kappa shape index (κ3) is 3.23. The monoisotopic (exact) mass is 249 g/mol. The zero-order chi connectivity index (χ0) is 12.1. The first-order valence-corrected chi connectivity index (χ1v) is 7.19. The van der Waals surface area contributed by atoms with Crippen molar-refractivity contribution in [2.75, 3.05) is 11.5 Å². The van der Waals surface area contributed by atoms with Crippen molar-refractivity contribution in [3.8, 4) is 0 Å². The second-order valence-corrected chi connectivity index (χ2v) is 5.47. The highest BCUT2D eigenvalue weighted by Crippen LogP contribution is 2.15. The highest BCUT2D eigenvalue weighted by atomic mass is 32.2. The number of hydrogen-bond acceptors (Lipinski definition) is 3. The number of thioether (sulfide) groups is 1. The minimum Gasteiger partial charge on any atom is -0.346 e. The predicted octanol–water partition coefficient (Wildman–Crippen LogP) is 2.79. The van der Waals surface area contributed by atoms with E-state index in [0.29, 0.717) is 6.04 Å². The fourth-order valence-electron chi connectivity index (χ4n) is 1.80. The van der Waals surface area contributed by atoms with Crippen LogP contribution < -0.4 is 5.32 Å². The summed E-state index contributed by atoms with van der Waals surface area (Å²) < 4.78 is 0. The maximum atomic E-state index is 4.29. The molecule has 0 saturated carbocycles. The summed E-state index contributed by atoms with van der Waals surface area (Å²) in [6, 6.07) is 4.64. The predicted molar refractivity (Wildman–Crippen MR) is 75.4 cm³/mol. The van der Waals surface area contributed by atoms with E-state index in [9.17, 15) is 0 Å². The van der Waals surface area contributed by atoms with Crippen LogP contribution >= 0.6 is 11.8 Å². The molecule has 0 aliphatic rings. The van der Waals surface area contributed by atoms with Crippen molar-refractivity contribution in [1.29, 1.82) is 0 Å². The van der Waals surface area contributed by atoms with E-state index in [1.54, 1.807) is 0 Å². The quantitative estimate of drug-likeness (QED) is 0.827. The van der Waals surface area contributed by atoms with Gasteiger partial charge in [-0.2, -0.15) is 11.8 Å².